The van der Waals surface area contributed by atoms with Crippen molar-refractivity contribution in [1.82, 2.24) is 0 Å². The Kier molecular flexibility index (Phi) is 3.14. The van der Waals surface area contributed by atoms with E-state index in [9.17, 15) is 0 Å². The predicted octanol–water partition coefficient (Wildman–Crippen LogP) is 1.91. The molecule has 0 aromatic heterocycles. The van der Waals surface area contributed by atoms with E-state index in [-0.39, 0.29) is 0 Å². The molecule has 3 heteroatoms. The Morgan fingerprint density at radius 1 is 1.50 bits per heavy atom. The van der Waals surface area contributed by atoms with Crippen molar-refractivity contribution >= 4 is 5.70 Å². The summed E-state index contributed by atoms with van der Waals surface area (Å²) in [6.07, 6.45) is 0. The molecule has 0 bridgehead atoms. The van der Waals surface area contributed by atoms with E-state index in [2.05, 4.69) is 0 Å². The number of hydrogen-bond donors (Lipinski definition) is 1. The molecule has 2 N–H and O–H groups in total. The van der Waals surface area contributed by atoms with Crippen LogP contribution in [0.1, 0.15) is 12.5 Å². The van der Waals surface area contributed by atoms with Gasteiger partial charge in [-0.3, -0.25) is 0 Å². The average Bonchev–Trinajstić information content (AvgIpc) is 2.27. The summed E-state index contributed by atoms with van der Waals surface area (Å²) < 4.78 is 5.06. The highest BCUT2D eigenvalue weighted by Gasteiger charge is 2.01. The van der Waals surface area contributed by atoms with Crippen molar-refractivity contribution in [1.29, 1.82) is 5.26 Å². The van der Waals surface area contributed by atoms with Crippen LogP contribution < -0.4 is 10.5 Å². The van der Waals surface area contributed by atoms with Gasteiger partial charge in [0.05, 0.1) is 18.9 Å². The van der Waals surface area contributed by atoms with Crippen molar-refractivity contribution < 1.29 is 4.74 Å². The summed E-state index contributed by atoms with van der Waals surface area (Å²) in [6, 6.07) is 9.33. The smallest absolute Gasteiger partial charge is 0.119 e. The molecular formula is C11H12N2O. The first kappa shape index (κ1) is 10.1. The number of benzene rings is 1. The van der Waals surface area contributed by atoms with Gasteiger partial charge in [0.15, 0.2) is 0 Å². The number of nitriles is 1. The summed E-state index contributed by atoms with van der Waals surface area (Å²) in [5.74, 6) is 0.733. The maximum Gasteiger partial charge on any atom is 0.119 e. The zero-order valence-corrected chi connectivity index (χ0v) is 8.24. The molecule has 0 aliphatic carbocycles. The SMILES string of the molecule is COc1cccc(/C(N)=C(/C)C#N)c1. The number of hydrogen-bond acceptors (Lipinski definition) is 3. The second kappa shape index (κ2) is 4.33. The molecule has 1 aromatic carbocycles. The van der Waals surface area contributed by atoms with Gasteiger partial charge in [-0.25, -0.2) is 0 Å². The van der Waals surface area contributed by atoms with Crippen LogP contribution in [0.2, 0.25) is 0 Å². The summed E-state index contributed by atoms with van der Waals surface area (Å²) >= 11 is 0. The minimum Gasteiger partial charge on any atom is -0.497 e. The number of rotatable bonds is 2. The van der Waals surface area contributed by atoms with E-state index in [1.807, 2.05) is 24.3 Å². The zero-order chi connectivity index (χ0) is 10.6. The summed E-state index contributed by atoms with van der Waals surface area (Å²) in [5, 5.41) is 8.67. The van der Waals surface area contributed by atoms with Crippen LogP contribution in [0.3, 0.4) is 0 Å². The standard InChI is InChI=1S/C11H12N2O/c1-8(7-12)11(13)9-4-3-5-10(6-9)14-2/h3-6H,13H2,1-2H3/b11-8+. The largest absolute Gasteiger partial charge is 0.497 e. The average molecular weight is 188 g/mol. The third-order valence-corrected chi connectivity index (χ3v) is 1.95. The molecule has 0 amide bonds. The molecule has 0 atom stereocenters. The van der Waals surface area contributed by atoms with Gasteiger partial charge in [-0.1, -0.05) is 12.1 Å². The molecule has 0 spiro atoms. The molecule has 0 heterocycles. The number of nitrogens with two attached hydrogens (primary N) is 1. The monoisotopic (exact) mass is 188 g/mol. The van der Waals surface area contributed by atoms with Crippen LogP contribution in [0.15, 0.2) is 29.8 Å². The van der Waals surface area contributed by atoms with Crippen molar-refractivity contribution in [2.75, 3.05) is 7.11 Å². The summed E-state index contributed by atoms with van der Waals surface area (Å²) in [5.41, 5.74) is 7.59. The highest BCUT2D eigenvalue weighted by Crippen LogP contribution is 2.18. The van der Waals surface area contributed by atoms with Crippen LogP contribution in [0, 0.1) is 11.3 Å². The van der Waals surface area contributed by atoms with Crippen LogP contribution in [-0.4, -0.2) is 7.11 Å². The van der Waals surface area contributed by atoms with Crippen LogP contribution in [0.5, 0.6) is 5.75 Å². The van der Waals surface area contributed by atoms with Crippen molar-refractivity contribution in [3.63, 3.8) is 0 Å². The van der Waals surface area contributed by atoms with Gasteiger partial charge in [0.1, 0.15) is 5.75 Å². The molecule has 0 saturated heterocycles. The highest BCUT2D eigenvalue weighted by molar-refractivity contribution is 5.69. The van der Waals surface area contributed by atoms with E-state index in [1.165, 1.54) is 0 Å². The van der Waals surface area contributed by atoms with E-state index < -0.39 is 0 Å². The Labute approximate surface area is 83.4 Å². The van der Waals surface area contributed by atoms with Crippen LogP contribution >= 0.6 is 0 Å². The number of allylic oxidation sites excluding steroid dienone is 1. The first-order chi connectivity index (χ1) is 6.69. The van der Waals surface area contributed by atoms with E-state index in [0.717, 1.165) is 11.3 Å². The van der Waals surface area contributed by atoms with Gasteiger partial charge in [0, 0.05) is 11.1 Å². The van der Waals surface area contributed by atoms with Gasteiger partial charge in [-0.15, -0.1) is 0 Å². The first-order valence-electron chi connectivity index (χ1n) is 4.20. The normalized spacial score (nSPS) is 11.5. The Morgan fingerprint density at radius 2 is 2.21 bits per heavy atom. The lowest BCUT2D eigenvalue weighted by molar-refractivity contribution is 0.414. The molecule has 72 valence electrons. The topological polar surface area (TPSA) is 59.0 Å². The summed E-state index contributed by atoms with van der Waals surface area (Å²) in [4.78, 5) is 0. The lowest BCUT2D eigenvalue weighted by Crippen LogP contribution is -1.99. The maximum absolute atomic E-state index is 8.67. The Bertz CT molecular complexity index is 402. The number of methoxy groups -OCH3 is 1. The molecule has 0 aliphatic heterocycles. The van der Waals surface area contributed by atoms with Crippen LogP contribution in [0.4, 0.5) is 0 Å². The fourth-order valence-electron chi connectivity index (χ4n) is 1.07. The lowest BCUT2D eigenvalue weighted by Gasteiger charge is -2.05. The van der Waals surface area contributed by atoms with Crippen molar-refractivity contribution in [2.45, 2.75) is 6.92 Å². The molecule has 0 aliphatic rings. The fourth-order valence-corrected chi connectivity index (χ4v) is 1.07. The predicted molar refractivity (Wildman–Crippen MR) is 55.4 cm³/mol. The van der Waals surface area contributed by atoms with E-state index >= 15 is 0 Å². The van der Waals surface area contributed by atoms with E-state index in [0.29, 0.717) is 11.3 Å². The zero-order valence-electron chi connectivity index (χ0n) is 8.24. The van der Waals surface area contributed by atoms with Crippen molar-refractivity contribution in [2.24, 2.45) is 5.73 Å². The quantitative estimate of drug-likeness (QED) is 0.721. The molecule has 0 unspecified atom stereocenters. The van der Waals surface area contributed by atoms with Gasteiger partial charge in [-0.2, -0.15) is 5.26 Å². The molecule has 0 radical (unpaired) electrons. The molecule has 1 rings (SSSR count). The van der Waals surface area contributed by atoms with E-state index in [1.54, 1.807) is 20.1 Å². The Morgan fingerprint density at radius 3 is 2.79 bits per heavy atom. The van der Waals surface area contributed by atoms with Gasteiger partial charge < -0.3 is 10.5 Å². The molecule has 3 nitrogen and oxygen atoms in total. The van der Waals surface area contributed by atoms with E-state index in [4.69, 9.17) is 15.7 Å². The summed E-state index contributed by atoms with van der Waals surface area (Å²) in [6.45, 7) is 1.69. The maximum atomic E-state index is 8.67. The number of ether oxygens (including phenoxy) is 1. The molecule has 0 fully saturated rings. The molecule has 1 aromatic rings. The second-order valence-electron chi connectivity index (χ2n) is 2.88. The minimum atomic E-state index is 0.492. The molecule has 0 saturated carbocycles. The van der Waals surface area contributed by atoms with Gasteiger partial charge >= 0.3 is 0 Å². The third kappa shape index (κ3) is 2.05. The Hall–Kier alpha value is -1.95. The van der Waals surface area contributed by atoms with Crippen LogP contribution in [0.25, 0.3) is 5.70 Å². The van der Waals surface area contributed by atoms with Crippen molar-refractivity contribution in [3.8, 4) is 11.8 Å². The lowest BCUT2D eigenvalue weighted by atomic mass is 10.1. The van der Waals surface area contributed by atoms with Gasteiger partial charge in [-0.05, 0) is 19.1 Å². The minimum absolute atomic E-state index is 0.492. The molecule has 14 heavy (non-hydrogen) atoms. The Balaban J connectivity index is 3.15. The van der Waals surface area contributed by atoms with Crippen molar-refractivity contribution in [3.05, 3.63) is 35.4 Å². The fraction of sp³-hybridized carbons (Fsp3) is 0.182. The summed E-state index contributed by atoms with van der Waals surface area (Å²) in [7, 11) is 1.59. The third-order valence-electron chi connectivity index (χ3n) is 1.95. The van der Waals surface area contributed by atoms with Crippen LogP contribution in [-0.2, 0) is 0 Å². The number of nitrogens with zero attached hydrogens (tertiary/aromatic N) is 1. The molecular weight excluding hydrogens is 176 g/mol. The van der Waals surface area contributed by atoms with Gasteiger partial charge in [0.25, 0.3) is 0 Å². The van der Waals surface area contributed by atoms with Gasteiger partial charge in [0.2, 0.25) is 0 Å². The highest BCUT2D eigenvalue weighted by atomic mass is 16.5. The first-order valence-corrected chi connectivity index (χ1v) is 4.20. The second-order valence-corrected chi connectivity index (χ2v) is 2.88.